The molecule has 0 amide bonds. The van der Waals surface area contributed by atoms with E-state index in [0.717, 1.165) is 56.1 Å². The van der Waals surface area contributed by atoms with Crippen LogP contribution >= 0.6 is 0 Å². The van der Waals surface area contributed by atoms with Crippen LogP contribution in [0.2, 0.25) is 0 Å². The van der Waals surface area contributed by atoms with E-state index in [0.29, 0.717) is 0 Å². The summed E-state index contributed by atoms with van der Waals surface area (Å²) in [6.45, 7) is 13.6. The van der Waals surface area contributed by atoms with Gasteiger partial charge in [0.15, 0.2) is 0 Å². The van der Waals surface area contributed by atoms with Crippen molar-refractivity contribution in [1.82, 2.24) is 19.6 Å². The second-order valence-corrected chi connectivity index (χ2v) is 13.2. The maximum absolute atomic E-state index is 5.17. The maximum atomic E-state index is 5.17. The Labute approximate surface area is 275 Å². The summed E-state index contributed by atoms with van der Waals surface area (Å²) < 4.78 is 3.96. The predicted molar refractivity (Wildman–Crippen MR) is 174 cm³/mol. The van der Waals surface area contributed by atoms with Gasteiger partial charge in [0, 0.05) is 23.2 Å². The van der Waals surface area contributed by atoms with Crippen molar-refractivity contribution in [3.63, 3.8) is 0 Å². The van der Waals surface area contributed by atoms with Crippen LogP contribution in [-0.4, -0.2) is 19.6 Å². The number of nitrogens with zero attached hydrogens (tertiary/aromatic N) is 4. The average molecular weight is 756 g/mol. The Kier molecular flexibility index (Phi) is 7.41. The minimum absolute atomic E-state index is 0. The Hall–Kier alpha value is -4.01. The standard InChI is InChI=1S/C39H36N4.Pt/c1-37(2)31-21-29(27-13-9-7-10-14-27)23-33(25-31)42-19-17-35(40-42)38(3,4)39(5,6)36-18-20-43(41-36)34-24-30(22-32(37)26-34)28-15-11-8-12-16-28;/h7-24H,1-6H3;/q-2;+2. The van der Waals surface area contributed by atoms with Crippen molar-refractivity contribution in [1.29, 1.82) is 0 Å². The summed E-state index contributed by atoms with van der Waals surface area (Å²) in [5.41, 5.74) is 9.55. The summed E-state index contributed by atoms with van der Waals surface area (Å²) in [5.74, 6) is 0. The number of benzene rings is 4. The van der Waals surface area contributed by atoms with Gasteiger partial charge in [0.2, 0.25) is 0 Å². The van der Waals surface area contributed by atoms with E-state index in [1.807, 2.05) is 9.36 Å². The largest absolute Gasteiger partial charge is 2.00 e. The molecule has 0 N–H and O–H groups in total. The number of aromatic nitrogens is 4. The van der Waals surface area contributed by atoms with E-state index >= 15 is 0 Å². The zero-order chi connectivity index (χ0) is 30.0. The molecule has 5 heteroatoms. The minimum Gasteiger partial charge on any atom is -0.265 e. The Morgan fingerprint density at radius 1 is 0.500 bits per heavy atom. The fourth-order valence-corrected chi connectivity index (χ4v) is 5.99. The Balaban J connectivity index is 0.00000343. The molecule has 44 heavy (non-hydrogen) atoms. The number of fused-ring (bicyclic) bond motifs is 10. The van der Waals surface area contributed by atoms with Gasteiger partial charge >= 0.3 is 21.1 Å². The van der Waals surface area contributed by atoms with E-state index < -0.39 is 5.41 Å². The SMILES string of the molecule is CC1(C)c2[c-]c(cc(-c3ccccc3)c2)-n2ccc(n2)C(C)(C)C(C)(C)c2ccn(n2)-c2[c-]c1cc(-c1ccccc1)c2.[Pt+2]. The summed E-state index contributed by atoms with van der Waals surface area (Å²) in [5, 5.41) is 10.3. The molecule has 7 rings (SSSR count). The van der Waals surface area contributed by atoms with Crippen LogP contribution in [0.1, 0.15) is 64.1 Å². The molecule has 0 unspecified atom stereocenters. The molecular formula is C39H36N4Pt. The molecule has 0 radical (unpaired) electrons. The molecule has 0 saturated carbocycles. The van der Waals surface area contributed by atoms with Gasteiger partial charge in [-0.3, -0.25) is 9.36 Å². The number of hydrogen-bond donors (Lipinski definition) is 0. The molecule has 1 aliphatic rings. The van der Waals surface area contributed by atoms with E-state index in [4.69, 9.17) is 10.2 Å². The van der Waals surface area contributed by atoms with Crippen molar-refractivity contribution < 1.29 is 21.1 Å². The first-order valence-corrected chi connectivity index (χ1v) is 14.9. The first-order chi connectivity index (χ1) is 20.5. The number of rotatable bonds is 2. The summed E-state index contributed by atoms with van der Waals surface area (Å²) in [6.07, 6.45) is 4.13. The predicted octanol–water partition coefficient (Wildman–Crippen LogP) is 8.88. The van der Waals surface area contributed by atoms with Gasteiger partial charge < -0.3 is 0 Å². The maximum Gasteiger partial charge on any atom is 2.00 e. The topological polar surface area (TPSA) is 35.6 Å². The molecule has 6 aromatic rings. The van der Waals surface area contributed by atoms with Crippen molar-refractivity contribution in [3.8, 4) is 33.6 Å². The van der Waals surface area contributed by atoms with Crippen molar-refractivity contribution in [2.75, 3.05) is 0 Å². The second-order valence-electron chi connectivity index (χ2n) is 13.2. The minimum atomic E-state index is -0.427. The summed E-state index contributed by atoms with van der Waals surface area (Å²) in [7, 11) is 0. The third-order valence-electron chi connectivity index (χ3n) is 9.79. The molecule has 0 aliphatic carbocycles. The molecule has 0 fully saturated rings. The number of hydrogen-bond acceptors (Lipinski definition) is 2. The fourth-order valence-electron chi connectivity index (χ4n) is 5.99. The van der Waals surface area contributed by atoms with Crippen LogP contribution in [0.15, 0.2) is 109 Å². The normalized spacial score (nSPS) is 15.9. The third-order valence-corrected chi connectivity index (χ3v) is 9.79. The quantitative estimate of drug-likeness (QED) is 0.166. The van der Waals surface area contributed by atoms with Gasteiger partial charge in [-0.1, -0.05) is 102 Å². The second kappa shape index (κ2) is 10.9. The van der Waals surface area contributed by atoms with Crippen LogP contribution in [-0.2, 0) is 37.3 Å². The Bertz CT molecular complexity index is 1800. The zero-order valence-corrected chi connectivity index (χ0v) is 28.3. The molecule has 2 aromatic heterocycles. The van der Waals surface area contributed by atoms with Crippen molar-refractivity contribution in [2.24, 2.45) is 0 Å². The van der Waals surface area contributed by atoms with E-state index in [9.17, 15) is 0 Å². The molecule has 0 spiro atoms. The first-order valence-electron chi connectivity index (χ1n) is 14.9. The average Bonchev–Trinajstić information content (AvgIpc) is 3.73. The van der Waals surface area contributed by atoms with E-state index in [1.54, 1.807) is 0 Å². The van der Waals surface area contributed by atoms with Gasteiger partial charge in [0.1, 0.15) is 0 Å². The molecule has 1 aliphatic heterocycles. The molecule has 4 aromatic carbocycles. The van der Waals surface area contributed by atoms with Crippen molar-refractivity contribution >= 4 is 0 Å². The van der Waals surface area contributed by atoms with Crippen molar-refractivity contribution in [2.45, 2.75) is 57.8 Å². The third kappa shape index (κ3) is 4.90. The van der Waals surface area contributed by atoms with E-state index in [-0.39, 0.29) is 31.9 Å². The molecule has 4 nitrogen and oxygen atoms in total. The zero-order valence-electron chi connectivity index (χ0n) is 26.0. The van der Waals surface area contributed by atoms with Crippen LogP contribution in [0, 0.1) is 12.1 Å². The van der Waals surface area contributed by atoms with Gasteiger partial charge in [-0.15, -0.1) is 23.3 Å². The van der Waals surface area contributed by atoms with Crippen molar-refractivity contribution in [3.05, 3.63) is 144 Å². The first kappa shape index (κ1) is 30.0. The molecule has 0 saturated heterocycles. The van der Waals surface area contributed by atoms with Crippen LogP contribution < -0.4 is 0 Å². The Morgan fingerprint density at radius 2 is 0.886 bits per heavy atom. The van der Waals surface area contributed by atoms with Gasteiger partial charge in [-0.2, -0.15) is 45.6 Å². The van der Waals surface area contributed by atoms with Gasteiger partial charge in [0.05, 0.1) is 11.4 Å². The van der Waals surface area contributed by atoms with E-state index in [2.05, 4.69) is 163 Å². The monoisotopic (exact) mass is 755 g/mol. The summed E-state index contributed by atoms with van der Waals surface area (Å²) in [6, 6.07) is 41.9. The summed E-state index contributed by atoms with van der Waals surface area (Å²) >= 11 is 0. The Morgan fingerprint density at radius 3 is 1.27 bits per heavy atom. The fraction of sp³-hybridized carbons (Fsp3) is 0.231. The van der Waals surface area contributed by atoms with Crippen LogP contribution in [0.5, 0.6) is 0 Å². The molecular weight excluding hydrogens is 720 g/mol. The molecule has 0 atom stereocenters. The van der Waals surface area contributed by atoms with Gasteiger partial charge in [-0.05, 0) is 40.0 Å². The van der Waals surface area contributed by atoms with E-state index in [1.165, 1.54) is 0 Å². The van der Waals surface area contributed by atoms with Crippen LogP contribution in [0.25, 0.3) is 33.6 Å². The van der Waals surface area contributed by atoms with Gasteiger partial charge in [0.25, 0.3) is 0 Å². The smallest absolute Gasteiger partial charge is 0.265 e. The van der Waals surface area contributed by atoms with Crippen LogP contribution in [0.3, 0.4) is 0 Å². The summed E-state index contributed by atoms with van der Waals surface area (Å²) in [4.78, 5) is 0. The molecule has 8 bridgehead atoms. The molecule has 222 valence electrons. The van der Waals surface area contributed by atoms with Crippen LogP contribution in [0.4, 0.5) is 0 Å². The molecule has 3 heterocycles. The van der Waals surface area contributed by atoms with Gasteiger partial charge in [-0.25, -0.2) is 0 Å².